The second kappa shape index (κ2) is 6.32. The summed E-state index contributed by atoms with van der Waals surface area (Å²) in [5.41, 5.74) is 1.51. The van der Waals surface area contributed by atoms with Gasteiger partial charge >= 0.3 is 0 Å². The van der Waals surface area contributed by atoms with E-state index in [1.807, 2.05) is 0 Å². The van der Waals surface area contributed by atoms with Gasteiger partial charge in [0.15, 0.2) is 4.90 Å². The molecular formula is C16H11BrF2N2O3S. The van der Waals surface area contributed by atoms with Crippen molar-refractivity contribution in [1.82, 2.24) is 5.16 Å². The molecule has 130 valence electrons. The van der Waals surface area contributed by atoms with Gasteiger partial charge in [-0.25, -0.2) is 22.3 Å². The summed E-state index contributed by atoms with van der Waals surface area (Å²) in [5.74, 6) is -2.22. The van der Waals surface area contributed by atoms with Gasteiger partial charge in [-0.1, -0.05) is 33.2 Å². The first-order chi connectivity index (χ1) is 11.7. The van der Waals surface area contributed by atoms with Crippen molar-refractivity contribution < 1.29 is 21.7 Å². The van der Waals surface area contributed by atoms with Crippen LogP contribution >= 0.6 is 15.9 Å². The maximum Gasteiger partial charge on any atom is 0.243 e. The van der Waals surface area contributed by atoms with Gasteiger partial charge in [0.2, 0.25) is 10.0 Å². The van der Waals surface area contributed by atoms with Crippen LogP contribution in [0.5, 0.6) is 0 Å². The van der Waals surface area contributed by atoms with Crippen LogP contribution in [-0.4, -0.2) is 13.6 Å². The summed E-state index contributed by atoms with van der Waals surface area (Å²) in [7, 11) is -4.52. The van der Waals surface area contributed by atoms with Crippen LogP contribution in [-0.2, 0) is 10.0 Å². The number of nitrogens with zero attached hydrogens (tertiary/aromatic N) is 1. The molecule has 0 spiro atoms. The first kappa shape index (κ1) is 17.7. The number of hydrogen-bond donors (Lipinski definition) is 1. The van der Waals surface area contributed by atoms with E-state index < -0.39 is 26.6 Å². The van der Waals surface area contributed by atoms with Crippen LogP contribution in [0.4, 0.5) is 8.78 Å². The van der Waals surface area contributed by atoms with E-state index in [0.29, 0.717) is 22.6 Å². The van der Waals surface area contributed by atoms with Crippen molar-refractivity contribution in [2.45, 2.75) is 11.8 Å². The van der Waals surface area contributed by atoms with E-state index in [1.165, 1.54) is 0 Å². The number of halogens is 3. The fraction of sp³-hybridized carbons (Fsp3) is 0.0625. The Kier molecular flexibility index (Phi) is 4.48. The van der Waals surface area contributed by atoms with Gasteiger partial charge in [0.25, 0.3) is 0 Å². The second-order valence-corrected chi connectivity index (χ2v) is 7.70. The molecule has 2 aromatic carbocycles. The molecule has 0 saturated carbocycles. The van der Waals surface area contributed by atoms with Crippen molar-refractivity contribution in [1.29, 1.82) is 0 Å². The molecule has 5 nitrogen and oxygen atoms in total. The SMILES string of the molecule is Cc1onc(-c2ccc(Br)cc2)c1-c1cc(F)c(S(N)(=O)=O)c(F)c1. The van der Waals surface area contributed by atoms with Crippen LogP contribution in [0.2, 0.25) is 0 Å². The van der Waals surface area contributed by atoms with Crippen molar-refractivity contribution in [2.24, 2.45) is 5.14 Å². The van der Waals surface area contributed by atoms with Crippen molar-refractivity contribution in [3.63, 3.8) is 0 Å². The Bertz CT molecular complexity index is 1040. The highest BCUT2D eigenvalue weighted by molar-refractivity contribution is 9.10. The predicted octanol–water partition coefficient (Wildman–Crippen LogP) is 4.01. The third kappa shape index (κ3) is 3.35. The molecule has 0 fully saturated rings. The van der Waals surface area contributed by atoms with E-state index in [-0.39, 0.29) is 5.56 Å². The molecule has 0 radical (unpaired) electrons. The summed E-state index contributed by atoms with van der Waals surface area (Å²) in [5, 5.41) is 8.79. The third-order valence-corrected chi connectivity index (χ3v) is 5.04. The number of aryl methyl sites for hydroxylation is 1. The highest BCUT2D eigenvalue weighted by Crippen LogP contribution is 2.36. The van der Waals surface area contributed by atoms with Gasteiger partial charge in [0, 0.05) is 10.0 Å². The van der Waals surface area contributed by atoms with Gasteiger partial charge in [-0.2, -0.15) is 0 Å². The van der Waals surface area contributed by atoms with Crippen molar-refractivity contribution in [3.8, 4) is 22.4 Å². The molecular weight excluding hydrogens is 418 g/mol. The van der Waals surface area contributed by atoms with E-state index >= 15 is 0 Å². The number of primary sulfonamides is 1. The predicted molar refractivity (Wildman–Crippen MR) is 91.1 cm³/mol. The van der Waals surface area contributed by atoms with Crippen LogP contribution in [0, 0.1) is 18.6 Å². The average molecular weight is 429 g/mol. The summed E-state index contributed by atoms with van der Waals surface area (Å²) in [6, 6.07) is 8.88. The van der Waals surface area contributed by atoms with Crippen LogP contribution < -0.4 is 5.14 Å². The smallest absolute Gasteiger partial charge is 0.243 e. The van der Waals surface area contributed by atoms with Crippen molar-refractivity contribution in [3.05, 3.63) is 58.3 Å². The largest absolute Gasteiger partial charge is 0.360 e. The van der Waals surface area contributed by atoms with Gasteiger partial charge in [-0.3, -0.25) is 0 Å². The topological polar surface area (TPSA) is 86.2 Å². The Morgan fingerprint density at radius 1 is 1.08 bits per heavy atom. The fourth-order valence-corrected chi connectivity index (χ4v) is 3.42. The van der Waals surface area contributed by atoms with Gasteiger partial charge < -0.3 is 4.52 Å². The van der Waals surface area contributed by atoms with E-state index in [0.717, 1.165) is 16.6 Å². The monoisotopic (exact) mass is 428 g/mol. The fourth-order valence-electron chi connectivity index (χ4n) is 2.49. The van der Waals surface area contributed by atoms with E-state index in [4.69, 9.17) is 9.66 Å². The van der Waals surface area contributed by atoms with E-state index in [2.05, 4.69) is 21.1 Å². The molecule has 25 heavy (non-hydrogen) atoms. The van der Waals surface area contributed by atoms with E-state index in [1.54, 1.807) is 31.2 Å². The summed E-state index contributed by atoms with van der Waals surface area (Å²) >= 11 is 3.32. The Morgan fingerprint density at radius 2 is 1.64 bits per heavy atom. The molecule has 1 aromatic heterocycles. The molecule has 1 heterocycles. The lowest BCUT2D eigenvalue weighted by Gasteiger charge is -2.07. The molecule has 0 aliphatic heterocycles. The Balaban J connectivity index is 2.22. The number of nitrogens with two attached hydrogens (primary N) is 1. The van der Waals surface area contributed by atoms with E-state index in [9.17, 15) is 17.2 Å². The minimum absolute atomic E-state index is 0.0964. The maximum atomic E-state index is 14.2. The number of sulfonamides is 1. The minimum atomic E-state index is -4.52. The highest BCUT2D eigenvalue weighted by Gasteiger charge is 2.24. The first-order valence-corrected chi connectivity index (χ1v) is 9.27. The molecule has 0 aliphatic rings. The van der Waals surface area contributed by atoms with Crippen LogP contribution in [0.25, 0.3) is 22.4 Å². The first-order valence-electron chi connectivity index (χ1n) is 6.93. The highest BCUT2D eigenvalue weighted by atomic mass is 79.9. The molecule has 0 aliphatic carbocycles. The Hall–Kier alpha value is -2.10. The lowest BCUT2D eigenvalue weighted by atomic mass is 9.99. The zero-order valence-corrected chi connectivity index (χ0v) is 15.2. The lowest BCUT2D eigenvalue weighted by Crippen LogP contribution is -2.16. The van der Waals surface area contributed by atoms with Gasteiger partial charge in [0.1, 0.15) is 23.1 Å². The van der Waals surface area contributed by atoms with Crippen LogP contribution in [0.1, 0.15) is 5.76 Å². The van der Waals surface area contributed by atoms with Gasteiger partial charge in [-0.05, 0) is 36.8 Å². The molecule has 3 aromatic rings. The van der Waals surface area contributed by atoms with Crippen molar-refractivity contribution in [2.75, 3.05) is 0 Å². The van der Waals surface area contributed by atoms with Crippen LogP contribution in [0.3, 0.4) is 0 Å². The summed E-state index contributed by atoms with van der Waals surface area (Å²) in [6.45, 7) is 1.59. The second-order valence-electron chi connectivity index (χ2n) is 5.28. The summed E-state index contributed by atoms with van der Waals surface area (Å²) in [4.78, 5) is -1.17. The van der Waals surface area contributed by atoms with Crippen LogP contribution in [0.15, 0.2) is 50.3 Å². The Labute approximate surface area is 150 Å². The molecule has 9 heteroatoms. The third-order valence-electron chi connectivity index (χ3n) is 3.55. The molecule has 3 rings (SSSR count). The zero-order valence-electron chi connectivity index (χ0n) is 12.8. The molecule has 0 amide bonds. The molecule has 2 N–H and O–H groups in total. The molecule has 0 atom stereocenters. The number of benzene rings is 2. The molecule has 0 saturated heterocycles. The number of rotatable bonds is 3. The molecule has 0 bridgehead atoms. The zero-order chi connectivity index (χ0) is 18.4. The standard InChI is InChI=1S/C16H11BrF2N2O3S/c1-8-14(15(21-24-8)9-2-4-11(17)5-3-9)10-6-12(18)16(13(19)7-10)25(20,22)23/h2-7H,1H3,(H2,20,22,23). The number of hydrogen-bond acceptors (Lipinski definition) is 4. The summed E-state index contributed by atoms with van der Waals surface area (Å²) < 4.78 is 57.0. The minimum Gasteiger partial charge on any atom is -0.360 e. The normalized spacial score (nSPS) is 11.7. The number of aromatic nitrogens is 1. The maximum absolute atomic E-state index is 14.2. The molecule has 0 unspecified atom stereocenters. The lowest BCUT2D eigenvalue weighted by molar-refractivity contribution is 0.400. The van der Waals surface area contributed by atoms with Gasteiger partial charge in [0.05, 0.1) is 5.56 Å². The van der Waals surface area contributed by atoms with Gasteiger partial charge in [-0.15, -0.1) is 0 Å². The summed E-state index contributed by atoms with van der Waals surface area (Å²) in [6.07, 6.45) is 0. The van der Waals surface area contributed by atoms with Crippen molar-refractivity contribution >= 4 is 26.0 Å². The average Bonchev–Trinajstić information content (AvgIpc) is 2.87. The quantitative estimate of drug-likeness (QED) is 0.682. The Morgan fingerprint density at radius 3 is 2.16 bits per heavy atom.